The summed E-state index contributed by atoms with van der Waals surface area (Å²) in [5, 5.41) is 0. The Bertz CT molecular complexity index is 335. The van der Waals surface area contributed by atoms with Crippen LogP contribution in [-0.4, -0.2) is 13.0 Å². The maximum atomic E-state index is 5.73. The fourth-order valence-corrected chi connectivity index (χ4v) is 2.59. The van der Waals surface area contributed by atoms with E-state index >= 15 is 0 Å². The van der Waals surface area contributed by atoms with Crippen LogP contribution in [0, 0.1) is 0 Å². The van der Waals surface area contributed by atoms with Gasteiger partial charge in [-0.15, -0.1) is 11.6 Å². The Hall–Kier alpha value is -0.690. The van der Waals surface area contributed by atoms with Gasteiger partial charge in [-0.25, -0.2) is 0 Å². The van der Waals surface area contributed by atoms with E-state index in [-0.39, 0.29) is 0 Å². The number of rotatable bonds is 4. The van der Waals surface area contributed by atoms with Gasteiger partial charge in [0.15, 0.2) is 0 Å². The van der Waals surface area contributed by atoms with Crippen molar-refractivity contribution in [3.05, 3.63) is 29.3 Å². The molecule has 0 bridgehead atoms. The van der Waals surface area contributed by atoms with E-state index in [1.807, 2.05) is 0 Å². The molecule has 0 aliphatic heterocycles. The standard InChI is InChI=1S/C13H17ClO/c1-15-12-6-7-13-10(3-2-8-14)4-5-11(13)9-12/h6-7,9-10H,2-5,8H2,1H3/t10-/m0/s1. The smallest absolute Gasteiger partial charge is 0.119 e. The summed E-state index contributed by atoms with van der Waals surface area (Å²) in [6.45, 7) is 0. The van der Waals surface area contributed by atoms with Gasteiger partial charge < -0.3 is 4.74 Å². The second kappa shape index (κ2) is 4.89. The SMILES string of the molecule is COc1ccc2c(c1)CC[C@@H]2CCCCl. The average molecular weight is 225 g/mol. The summed E-state index contributed by atoms with van der Waals surface area (Å²) in [5.41, 5.74) is 2.98. The van der Waals surface area contributed by atoms with Gasteiger partial charge in [0.25, 0.3) is 0 Å². The lowest BCUT2D eigenvalue weighted by atomic mass is 9.96. The highest BCUT2D eigenvalue weighted by atomic mass is 35.5. The molecule has 0 spiro atoms. The Morgan fingerprint density at radius 3 is 3.07 bits per heavy atom. The molecule has 0 aromatic heterocycles. The molecule has 2 heteroatoms. The van der Waals surface area contributed by atoms with Crippen LogP contribution in [0.1, 0.15) is 36.3 Å². The average Bonchev–Trinajstić information content (AvgIpc) is 2.68. The third-order valence-corrected chi connectivity index (χ3v) is 3.51. The molecule has 0 N–H and O–H groups in total. The van der Waals surface area contributed by atoms with E-state index in [0.717, 1.165) is 24.0 Å². The Morgan fingerprint density at radius 2 is 2.33 bits per heavy atom. The van der Waals surface area contributed by atoms with Crippen LogP contribution in [0.3, 0.4) is 0 Å². The van der Waals surface area contributed by atoms with Crippen LogP contribution >= 0.6 is 11.6 Å². The lowest BCUT2D eigenvalue weighted by Crippen LogP contribution is -1.94. The summed E-state index contributed by atoms with van der Waals surface area (Å²) in [6.07, 6.45) is 4.82. The van der Waals surface area contributed by atoms with Gasteiger partial charge in [0.2, 0.25) is 0 Å². The van der Waals surface area contributed by atoms with E-state index in [1.165, 1.54) is 30.4 Å². The van der Waals surface area contributed by atoms with E-state index in [9.17, 15) is 0 Å². The number of benzene rings is 1. The number of ether oxygens (including phenoxy) is 1. The first-order chi connectivity index (χ1) is 7.35. The minimum atomic E-state index is 0.727. The van der Waals surface area contributed by atoms with Crippen LogP contribution in [0.15, 0.2) is 18.2 Å². The van der Waals surface area contributed by atoms with E-state index < -0.39 is 0 Å². The van der Waals surface area contributed by atoms with Gasteiger partial charge in [0, 0.05) is 5.88 Å². The Morgan fingerprint density at radius 1 is 1.47 bits per heavy atom. The summed E-state index contributed by atoms with van der Waals surface area (Å²) >= 11 is 5.73. The number of halogens is 1. The van der Waals surface area contributed by atoms with Gasteiger partial charge in [-0.2, -0.15) is 0 Å². The molecule has 1 aliphatic carbocycles. The molecule has 0 unspecified atom stereocenters. The molecule has 0 radical (unpaired) electrons. The number of hydrogen-bond acceptors (Lipinski definition) is 1. The molecule has 0 fully saturated rings. The first kappa shape index (κ1) is 10.8. The fraction of sp³-hybridized carbons (Fsp3) is 0.538. The van der Waals surface area contributed by atoms with Crippen molar-refractivity contribution >= 4 is 11.6 Å². The van der Waals surface area contributed by atoms with Crippen LogP contribution in [0.25, 0.3) is 0 Å². The van der Waals surface area contributed by atoms with Gasteiger partial charge in [-0.3, -0.25) is 0 Å². The van der Waals surface area contributed by atoms with Crippen molar-refractivity contribution in [2.24, 2.45) is 0 Å². The minimum absolute atomic E-state index is 0.727. The number of hydrogen-bond donors (Lipinski definition) is 0. The van der Waals surface area contributed by atoms with Gasteiger partial charge >= 0.3 is 0 Å². The molecule has 1 nitrogen and oxygen atoms in total. The topological polar surface area (TPSA) is 9.23 Å². The van der Waals surface area contributed by atoms with Crippen molar-refractivity contribution in [2.45, 2.75) is 31.6 Å². The minimum Gasteiger partial charge on any atom is -0.497 e. The zero-order chi connectivity index (χ0) is 10.7. The van der Waals surface area contributed by atoms with Gasteiger partial charge in [0.1, 0.15) is 5.75 Å². The molecule has 0 saturated carbocycles. The summed E-state index contributed by atoms with van der Waals surface area (Å²) in [7, 11) is 1.72. The predicted octanol–water partition coefficient (Wildman–Crippen LogP) is 3.74. The molecule has 1 aromatic rings. The number of alkyl halides is 1. The van der Waals surface area contributed by atoms with E-state index in [2.05, 4.69) is 18.2 Å². The zero-order valence-electron chi connectivity index (χ0n) is 9.13. The summed E-state index contributed by atoms with van der Waals surface area (Å²) in [4.78, 5) is 0. The Kier molecular flexibility index (Phi) is 3.53. The monoisotopic (exact) mass is 224 g/mol. The highest BCUT2D eigenvalue weighted by Crippen LogP contribution is 2.37. The van der Waals surface area contributed by atoms with E-state index in [4.69, 9.17) is 16.3 Å². The quantitative estimate of drug-likeness (QED) is 0.708. The van der Waals surface area contributed by atoms with Crippen LogP contribution in [0.5, 0.6) is 5.75 Å². The van der Waals surface area contributed by atoms with Gasteiger partial charge in [-0.1, -0.05) is 6.07 Å². The van der Waals surface area contributed by atoms with E-state index in [1.54, 1.807) is 7.11 Å². The van der Waals surface area contributed by atoms with Crippen LogP contribution < -0.4 is 4.74 Å². The molecule has 1 atom stereocenters. The second-order valence-electron chi connectivity index (χ2n) is 4.13. The summed E-state index contributed by atoms with van der Waals surface area (Å²) in [5.74, 6) is 2.48. The molecule has 0 saturated heterocycles. The lowest BCUT2D eigenvalue weighted by Gasteiger charge is -2.10. The van der Waals surface area contributed by atoms with Gasteiger partial charge in [0.05, 0.1) is 7.11 Å². The summed E-state index contributed by atoms with van der Waals surface area (Å²) < 4.78 is 5.23. The van der Waals surface area contributed by atoms with Crippen molar-refractivity contribution in [1.29, 1.82) is 0 Å². The highest BCUT2D eigenvalue weighted by Gasteiger charge is 2.21. The van der Waals surface area contributed by atoms with Crippen molar-refractivity contribution in [2.75, 3.05) is 13.0 Å². The van der Waals surface area contributed by atoms with Crippen LogP contribution in [0.4, 0.5) is 0 Å². The number of methoxy groups -OCH3 is 1. The van der Waals surface area contributed by atoms with Crippen LogP contribution in [-0.2, 0) is 6.42 Å². The third-order valence-electron chi connectivity index (χ3n) is 3.24. The number of fused-ring (bicyclic) bond motifs is 1. The lowest BCUT2D eigenvalue weighted by molar-refractivity contribution is 0.414. The Labute approximate surface area is 96.4 Å². The first-order valence-corrected chi connectivity index (χ1v) is 6.11. The van der Waals surface area contributed by atoms with Crippen molar-refractivity contribution in [3.63, 3.8) is 0 Å². The molecule has 0 amide bonds. The van der Waals surface area contributed by atoms with Crippen LogP contribution in [0.2, 0.25) is 0 Å². The van der Waals surface area contributed by atoms with Crippen molar-refractivity contribution in [3.8, 4) is 5.75 Å². The number of aryl methyl sites for hydroxylation is 1. The molecule has 15 heavy (non-hydrogen) atoms. The maximum Gasteiger partial charge on any atom is 0.119 e. The molecule has 2 rings (SSSR count). The highest BCUT2D eigenvalue weighted by molar-refractivity contribution is 6.17. The van der Waals surface area contributed by atoms with Crippen molar-refractivity contribution < 1.29 is 4.74 Å². The molecule has 1 aromatic carbocycles. The molecule has 1 aliphatic rings. The predicted molar refractivity (Wildman–Crippen MR) is 64.0 cm³/mol. The third kappa shape index (κ3) is 2.28. The zero-order valence-corrected chi connectivity index (χ0v) is 9.89. The first-order valence-electron chi connectivity index (χ1n) is 5.58. The van der Waals surface area contributed by atoms with Gasteiger partial charge in [-0.05, 0) is 54.9 Å². The molecule has 82 valence electrons. The maximum absolute atomic E-state index is 5.73. The fourth-order valence-electron chi connectivity index (χ4n) is 2.43. The molecular formula is C13H17ClO. The normalized spacial score (nSPS) is 18.9. The second-order valence-corrected chi connectivity index (χ2v) is 4.51. The molecule has 0 heterocycles. The Balaban J connectivity index is 2.13. The van der Waals surface area contributed by atoms with E-state index in [0.29, 0.717) is 0 Å². The largest absolute Gasteiger partial charge is 0.497 e. The van der Waals surface area contributed by atoms with Crippen molar-refractivity contribution in [1.82, 2.24) is 0 Å². The molecular weight excluding hydrogens is 208 g/mol. The summed E-state index contributed by atoms with van der Waals surface area (Å²) in [6, 6.07) is 6.47.